The van der Waals surface area contributed by atoms with E-state index in [0.29, 0.717) is 17.1 Å². The van der Waals surface area contributed by atoms with Crippen LogP contribution in [-0.2, 0) is 0 Å². The van der Waals surface area contributed by atoms with E-state index in [4.69, 9.17) is 9.47 Å². The lowest BCUT2D eigenvalue weighted by Gasteiger charge is -2.16. The van der Waals surface area contributed by atoms with Crippen LogP contribution in [0.2, 0.25) is 0 Å². The monoisotopic (exact) mass is 304 g/mol. The van der Waals surface area contributed by atoms with E-state index in [1.807, 2.05) is 30.3 Å². The predicted molar refractivity (Wildman–Crippen MR) is 86.4 cm³/mol. The standard InChI is InChI=1S/C17H20O3S/c1-4-21-14-8-5-12(6-9-14)17(18)15-11-13(19-2)7-10-16(15)20-3/h5-11,17-18H,4H2,1-3H3. The molecule has 2 rings (SSSR count). The highest BCUT2D eigenvalue weighted by Gasteiger charge is 2.16. The zero-order chi connectivity index (χ0) is 15.2. The number of aliphatic hydroxyl groups is 1. The highest BCUT2D eigenvalue weighted by Crippen LogP contribution is 2.33. The van der Waals surface area contributed by atoms with E-state index < -0.39 is 6.10 Å². The number of hydrogen-bond acceptors (Lipinski definition) is 4. The first-order chi connectivity index (χ1) is 10.2. The van der Waals surface area contributed by atoms with E-state index in [2.05, 4.69) is 6.92 Å². The van der Waals surface area contributed by atoms with Crippen LogP contribution >= 0.6 is 11.8 Å². The summed E-state index contributed by atoms with van der Waals surface area (Å²) in [5.74, 6) is 2.38. The fraction of sp³-hybridized carbons (Fsp3) is 0.294. The van der Waals surface area contributed by atoms with Crippen molar-refractivity contribution in [2.24, 2.45) is 0 Å². The Kier molecular flexibility index (Phi) is 5.53. The Morgan fingerprint density at radius 1 is 1.05 bits per heavy atom. The minimum atomic E-state index is -0.740. The van der Waals surface area contributed by atoms with Crippen molar-refractivity contribution in [3.63, 3.8) is 0 Å². The number of methoxy groups -OCH3 is 2. The molecule has 2 aromatic rings. The van der Waals surface area contributed by atoms with Gasteiger partial charge in [0.1, 0.15) is 17.6 Å². The van der Waals surface area contributed by atoms with Gasteiger partial charge in [-0.25, -0.2) is 0 Å². The van der Waals surface area contributed by atoms with Gasteiger partial charge in [-0.2, -0.15) is 0 Å². The fourth-order valence-corrected chi connectivity index (χ4v) is 2.81. The van der Waals surface area contributed by atoms with E-state index in [1.165, 1.54) is 4.90 Å². The lowest BCUT2D eigenvalue weighted by molar-refractivity contribution is 0.214. The number of thioether (sulfide) groups is 1. The quantitative estimate of drug-likeness (QED) is 0.822. The summed E-state index contributed by atoms with van der Waals surface area (Å²) < 4.78 is 10.6. The Morgan fingerprint density at radius 3 is 2.33 bits per heavy atom. The van der Waals surface area contributed by atoms with Crippen molar-refractivity contribution in [1.29, 1.82) is 0 Å². The molecule has 0 aromatic heterocycles. The topological polar surface area (TPSA) is 38.7 Å². The Balaban J connectivity index is 2.31. The van der Waals surface area contributed by atoms with Crippen LogP contribution < -0.4 is 9.47 Å². The number of ether oxygens (including phenoxy) is 2. The third kappa shape index (κ3) is 3.71. The van der Waals surface area contributed by atoms with Crippen LogP contribution in [0.1, 0.15) is 24.2 Å². The minimum absolute atomic E-state index is 0.648. The molecule has 0 saturated heterocycles. The molecule has 21 heavy (non-hydrogen) atoms. The number of benzene rings is 2. The van der Waals surface area contributed by atoms with Gasteiger partial charge >= 0.3 is 0 Å². The second kappa shape index (κ2) is 7.38. The van der Waals surface area contributed by atoms with E-state index in [0.717, 1.165) is 11.3 Å². The van der Waals surface area contributed by atoms with Gasteiger partial charge in [-0.3, -0.25) is 0 Å². The molecule has 0 aliphatic heterocycles. The molecule has 1 N–H and O–H groups in total. The van der Waals surface area contributed by atoms with Crippen LogP contribution in [0.25, 0.3) is 0 Å². The summed E-state index contributed by atoms with van der Waals surface area (Å²) in [4.78, 5) is 1.20. The molecule has 1 atom stereocenters. The van der Waals surface area contributed by atoms with Gasteiger partial charge < -0.3 is 14.6 Å². The third-order valence-corrected chi connectivity index (χ3v) is 4.13. The summed E-state index contributed by atoms with van der Waals surface area (Å²) in [5.41, 5.74) is 1.54. The van der Waals surface area contributed by atoms with Crippen molar-refractivity contribution in [1.82, 2.24) is 0 Å². The lowest BCUT2D eigenvalue weighted by Crippen LogP contribution is -2.03. The van der Waals surface area contributed by atoms with Crippen molar-refractivity contribution >= 4 is 11.8 Å². The molecule has 2 aromatic carbocycles. The van der Waals surface area contributed by atoms with Crippen molar-refractivity contribution in [2.75, 3.05) is 20.0 Å². The molecule has 3 nitrogen and oxygen atoms in total. The van der Waals surface area contributed by atoms with Gasteiger partial charge in [0.05, 0.1) is 14.2 Å². The molecular weight excluding hydrogens is 284 g/mol. The SMILES string of the molecule is CCSc1ccc(C(O)c2cc(OC)ccc2OC)cc1. The van der Waals surface area contributed by atoms with Crippen LogP contribution in [0.3, 0.4) is 0 Å². The minimum Gasteiger partial charge on any atom is -0.497 e. The molecule has 0 bridgehead atoms. The molecule has 0 aliphatic carbocycles. The average Bonchev–Trinajstić information content (AvgIpc) is 2.54. The summed E-state index contributed by atoms with van der Waals surface area (Å²) in [6.07, 6.45) is -0.740. The average molecular weight is 304 g/mol. The molecule has 0 radical (unpaired) electrons. The molecule has 4 heteroatoms. The maximum absolute atomic E-state index is 10.6. The number of hydrogen-bond donors (Lipinski definition) is 1. The third-order valence-electron chi connectivity index (χ3n) is 3.24. The van der Waals surface area contributed by atoms with Crippen molar-refractivity contribution < 1.29 is 14.6 Å². The summed E-state index contributed by atoms with van der Waals surface area (Å²) in [6, 6.07) is 13.4. The predicted octanol–water partition coefficient (Wildman–Crippen LogP) is 3.90. The Morgan fingerprint density at radius 2 is 1.76 bits per heavy atom. The number of aliphatic hydroxyl groups excluding tert-OH is 1. The van der Waals surface area contributed by atoms with E-state index in [9.17, 15) is 5.11 Å². The van der Waals surface area contributed by atoms with Gasteiger partial charge in [0.25, 0.3) is 0 Å². The fourth-order valence-electron chi connectivity index (χ4n) is 2.15. The van der Waals surface area contributed by atoms with Crippen LogP contribution in [0, 0.1) is 0 Å². The normalized spacial score (nSPS) is 12.0. The maximum atomic E-state index is 10.6. The van der Waals surface area contributed by atoms with Gasteiger partial charge in [0.15, 0.2) is 0 Å². The highest BCUT2D eigenvalue weighted by atomic mass is 32.2. The van der Waals surface area contributed by atoms with E-state index in [1.54, 1.807) is 38.1 Å². The first-order valence-corrected chi connectivity index (χ1v) is 7.81. The van der Waals surface area contributed by atoms with E-state index in [-0.39, 0.29) is 0 Å². The molecular formula is C17H20O3S. The number of rotatable bonds is 6. The molecule has 0 heterocycles. The van der Waals surface area contributed by atoms with Crippen LogP contribution in [0.4, 0.5) is 0 Å². The summed E-state index contributed by atoms with van der Waals surface area (Å²) in [6.45, 7) is 2.12. The molecule has 0 amide bonds. The molecule has 0 fully saturated rings. The second-order valence-corrected chi connectivity index (χ2v) is 5.85. The Labute approximate surface area is 129 Å². The second-order valence-electron chi connectivity index (χ2n) is 4.51. The van der Waals surface area contributed by atoms with Crippen LogP contribution in [0.15, 0.2) is 47.4 Å². The zero-order valence-electron chi connectivity index (χ0n) is 12.5. The zero-order valence-corrected chi connectivity index (χ0v) is 13.3. The van der Waals surface area contributed by atoms with Crippen LogP contribution in [-0.4, -0.2) is 25.1 Å². The van der Waals surface area contributed by atoms with Crippen LogP contribution in [0.5, 0.6) is 11.5 Å². The molecule has 112 valence electrons. The van der Waals surface area contributed by atoms with Gasteiger partial charge in [0.2, 0.25) is 0 Å². The van der Waals surface area contributed by atoms with E-state index >= 15 is 0 Å². The summed E-state index contributed by atoms with van der Waals surface area (Å²) >= 11 is 1.78. The van der Waals surface area contributed by atoms with Gasteiger partial charge in [-0.05, 0) is 41.6 Å². The first kappa shape index (κ1) is 15.7. The van der Waals surface area contributed by atoms with Gasteiger partial charge in [-0.1, -0.05) is 19.1 Å². The van der Waals surface area contributed by atoms with Crippen molar-refractivity contribution in [3.05, 3.63) is 53.6 Å². The molecule has 0 spiro atoms. The molecule has 1 unspecified atom stereocenters. The summed E-state index contributed by atoms with van der Waals surface area (Å²) in [5, 5.41) is 10.6. The maximum Gasteiger partial charge on any atom is 0.125 e. The Hall–Kier alpha value is -1.65. The molecule has 0 aliphatic rings. The lowest BCUT2D eigenvalue weighted by atomic mass is 10.0. The smallest absolute Gasteiger partial charge is 0.125 e. The first-order valence-electron chi connectivity index (χ1n) is 6.82. The van der Waals surface area contributed by atoms with Crippen molar-refractivity contribution in [2.45, 2.75) is 17.9 Å². The van der Waals surface area contributed by atoms with Gasteiger partial charge in [0, 0.05) is 10.5 Å². The van der Waals surface area contributed by atoms with Gasteiger partial charge in [-0.15, -0.1) is 11.8 Å². The summed E-state index contributed by atoms with van der Waals surface area (Å²) in [7, 11) is 3.20. The Bertz CT molecular complexity index is 581. The molecule has 0 saturated carbocycles. The largest absolute Gasteiger partial charge is 0.497 e. The van der Waals surface area contributed by atoms with Crippen molar-refractivity contribution in [3.8, 4) is 11.5 Å². The highest BCUT2D eigenvalue weighted by molar-refractivity contribution is 7.99.